The normalized spacial score (nSPS) is 10.4. The smallest absolute Gasteiger partial charge is 0.331 e. The van der Waals surface area contributed by atoms with Gasteiger partial charge in [-0.3, -0.25) is 9.59 Å². The van der Waals surface area contributed by atoms with E-state index in [4.69, 9.17) is 19.9 Å². The van der Waals surface area contributed by atoms with Crippen LogP contribution in [-0.4, -0.2) is 38.6 Å². The third-order valence-corrected chi connectivity index (χ3v) is 4.18. The summed E-state index contributed by atoms with van der Waals surface area (Å²) in [5.41, 5.74) is 6.09. The molecule has 1 heterocycles. The molecule has 0 aliphatic rings. The second kappa shape index (κ2) is 9.39. The van der Waals surface area contributed by atoms with E-state index in [1.165, 1.54) is 32.4 Å². The first-order valence-corrected chi connectivity index (χ1v) is 8.56. The Morgan fingerprint density at radius 3 is 2.56 bits per heavy atom. The van der Waals surface area contributed by atoms with Gasteiger partial charge in [-0.25, -0.2) is 4.79 Å². The number of rotatable bonds is 8. The van der Waals surface area contributed by atoms with Crippen LogP contribution in [0, 0.1) is 0 Å². The topological polar surface area (TPSA) is 117 Å². The molecular formula is C18H18N2O6S. The number of thiophene rings is 1. The number of ether oxygens (including phenoxy) is 3. The Morgan fingerprint density at radius 2 is 1.89 bits per heavy atom. The van der Waals surface area contributed by atoms with E-state index < -0.39 is 24.4 Å². The molecule has 0 bridgehead atoms. The molecule has 0 saturated heterocycles. The summed E-state index contributed by atoms with van der Waals surface area (Å²) in [5, 5.41) is 4.40. The van der Waals surface area contributed by atoms with Crippen molar-refractivity contribution in [1.82, 2.24) is 0 Å². The van der Waals surface area contributed by atoms with Crippen molar-refractivity contribution < 1.29 is 28.6 Å². The molecule has 1 aromatic carbocycles. The molecule has 0 fully saturated rings. The number of esters is 1. The predicted molar refractivity (Wildman–Crippen MR) is 101 cm³/mol. The van der Waals surface area contributed by atoms with Gasteiger partial charge < -0.3 is 25.3 Å². The summed E-state index contributed by atoms with van der Waals surface area (Å²) in [6.45, 7) is -0.495. The van der Waals surface area contributed by atoms with Gasteiger partial charge in [0.2, 0.25) is 0 Å². The molecule has 0 radical (unpaired) electrons. The van der Waals surface area contributed by atoms with E-state index in [-0.39, 0.29) is 5.56 Å². The second-order valence-electron chi connectivity index (χ2n) is 5.13. The molecule has 2 amide bonds. The fourth-order valence-corrected chi connectivity index (χ4v) is 2.88. The van der Waals surface area contributed by atoms with Crippen molar-refractivity contribution >= 4 is 40.2 Å². The van der Waals surface area contributed by atoms with E-state index in [1.54, 1.807) is 23.6 Å². The Bertz CT molecular complexity index is 874. The van der Waals surface area contributed by atoms with Crippen molar-refractivity contribution in [3.63, 3.8) is 0 Å². The molecule has 0 unspecified atom stereocenters. The standard InChI is InChI=1S/C18H18N2O6S/c1-24-13-5-3-11(9-14(13)25-2)4-6-16(22)26-10-15(21)20-18-12(17(19)23)7-8-27-18/h3-9H,10H2,1-2H3,(H2,19,23)(H,20,21). The van der Waals surface area contributed by atoms with Gasteiger partial charge in [-0.15, -0.1) is 11.3 Å². The van der Waals surface area contributed by atoms with Gasteiger partial charge in [0, 0.05) is 6.08 Å². The van der Waals surface area contributed by atoms with Crippen molar-refractivity contribution in [2.24, 2.45) is 5.73 Å². The number of amides is 2. The van der Waals surface area contributed by atoms with Crippen LogP contribution in [0.2, 0.25) is 0 Å². The van der Waals surface area contributed by atoms with Gasteiger partial charge >= 0.3 is 5.97 Å². The monoisotopic (exact) mass is 390 g/mol. The Balaban J connectivity index is 1.88. The number of nitrogens with one attached hydrogen (secondary N) is 1. The second-order valence-corrected chi connectivity index (χ2v) is 6.05. The molecule has 1 aromatic heterocycles. The van der Waals surface area contributed by atoms with E-state index in [1.807, 2.05) is 0 Å². The molecule has 2 rings (SSSR count). The number of methoxy groups -OCH3 is 2. The Kier molecular flexibility index (Phi) is 6.95. The largest absolute Gasteiger partial charge is 0.493 e. The fourth-order valence-electron chi connectivity index (χ4n) is 2.07. The van der Waals surface area contributed by atoms with Crippen LogP contribution in [0.4, 0.5) is 5.00 Å². The zero-order chi connectivity index (χ0) is 19.8. The quantitative estimate of drug-likeness (QED) is 0.526. The first kappa shape index (κ1) is 20.0. The van der Waals surface area contributed by atoms with Crippen molar-refractivity contribution in [3.8, 4) is 11.5 Å². The summed E-state index contributed by atoms with van der Waals surface area (Å²) in [6.07, 6.45) is 2.71. The number of anilines is 1. The molecule has 0 spiro atoms. The number of carbonyl (C=O) groups excluding carboxylic acids is 3. The predicted octanol–water partition coefficient (Wildman–Crippen LogP) is 2.06. The highest BCUT2D eigenvalue weighted by Gasteiger charge is 2.13. The number of hydrogen-bond donors (Lipinski definition) is 2. The van der Waals surface area contributed by atoms with Crippen LogP contribution in [-0.2, 0) is 14.3 Å². The molecule has 27 heavy (non-hydrogen) atoms. The molecule has 0 aliphatic carbocycles. The maximum absolute atomic E-state index is 11.8. The minimum absolute atomic E-state index is 0.202. The van der Waals surface area contributed by atoms with Crippen LogP contribution in [0.3, 0.4) is 0 Å². The Hall–Kier alpha value is -3.33. The summed E-state index contributed by atoms with van der Waals surface area (Å²) < 4.78 is 15.2. The Morgan fingerprint density at radius 1 is 1.15 bits per heavy atom. The van der Waals surface area contributed by atoms with Crippen LogP contribution in [0.25, 0.3) is 6.08 Å². The van der Waals surface area contributed by atoms with Crippen molar-refractivity contribution in [1.29, 1.82) is 0 Å². The minimum Gasteiger partial charge on any atom is -0.493 e. The van der Waals surface area contributed by atoms with Gasteiger partial charge in [-0.2, -0.15) is 0 Å². The SMILES string of the molecule is COc1ccc(C=CC(=O)OCC(=O)Nc2sccc2C(N)=O)cc1OC. The zero-order valence-electron chi connectivity index (χ0n) is 14.7. The first-order chi connectivity index (χ1) is 12.9. The van der Waals surface area contributed by atoms with Gasteiger partial charge in [0.15, 0.2) is 18.1 Å². The van der Waals surface area contributed by atoms with Crippen molar-refractivity contribution in [3.05, 3.63) is 46.8 Å². The number of primary amides is 1. The summed E-state index contributed by atoms with van der Waals surface area (Å²) in [5.74, 6) is -0.832. The third-order valence-electron chi connectivity index (χ3n) is 3.35. The van der Waals surface area contributed by atoms with E-state index >= 15 is 0 Å². The summed E-state index contributed by atoms with van der Waals surface area (Å²) in [4.78, 5) is 34.8. The van der Waals surface area contributed by atoms with Crippen molar-refractivity contribution in [2.75, 3.05) is 26.1 Å². The zero-order valence-corrected chi connectivity index (χ0v) is 15.5. The molecule has 3 N–H and O–H groups in total. The van der Waals surface area contributed by atoms with Crippen molar-refractivity contribution in [2.45, 2.75) is 0 Å². The lowest BCUT2D eigenvalue weighted by Crippen LogP contribution is -2.21. The van der Waals surface area contributed by atoms with E-state index in [0.717, 1.165) is 11.3 Å². The van der Waals surface area contributed by atoms with E-state index in [9.17, 15) is 14.4 Å². The molecule has 0 aliphatic heterocycles. The van der Waals surface area contributed by atoms with E-state index in [2.05, 4.69) is 5.32 Å². The number of nitrogens with two attached hydrogens (primary N) is 1. The van der Waals surface area contributed by atoms with E-state index in [0.29, 0.717) is 22.1 Å². The lowest BCUT2D eigenvalue weighted by atomic mass is 10.2. The number of benzene rings is 1. The highest BCUT2D eigenvalue weighted by Crippen LogP contribution is 2.28. The number of hydrogen-bond acceptors (Lipinski definition) is 7. The van der Waals surface area contributed by atoms with Crippen LogP contribution in [0.1, 0.15) is 15.9 Å². The third kappa shape index (κ3) is 5.58. The van der Waals surface area contributed by atoms with Crippen LogP contribution in [0.5, 0.6) is 11.5 Å². The first-order valence-electron chi connectivity index (χ1n) is 7.68. The summed E-state index contributed by atoms with van der Waals surface area (Å²) >= 11 is 1.15. The number of carbonyl (C=O) groups is 3. The van der Waals surface area contributed by atoms with Gasteiger partial charge in [0.1, 0.15) is 5.00 Å². The average Bonchev–Trinajstić information content (AvgIpc) is 3.12. The van der Waals surface area contributed by atoms with Gasteiger partial charge in [0.25, 0.3) is 11.8 Å². The van der Waals surface area contributed by atoms with Crippen LogP contribution >= 0.6 is 11.3 Å². The molecule has 8 nitrogen and oxygen atoms in total. The average molecular weight is 390 g/mol. The van der Waals surface area contributed by atoms with Gasteiger partial charge in [-0.1, -0.05) is 6.07 Å². The summed E-state index contributed by atoms with van der Waals surface area (Å²) in [6, 6.07) is 6.63. The maximum Gasteiger partial charge on any atom is 0.331 e. The molecular weight excluding hydrogens is 372 g/mol. The van der Waals surface area contributed by atoms with Gasteiger partial charge in [-0.05, 0) is 35.2 Å². The van der Waals surface area contributed by atoms with Crippen LogP contribution < -0.4 is 20.5 Å². The lowest BCUT2D eigenvalue weighted by Gasteiger charge is -2.07. The summed E-state index contributed by atoms with van der Waals surface area (Å²) in [7, 11) is 3.04. The highest BCUT2D eigenvalue weighted by molar-refractivity contribution is 7.14. The molecule has 2 aromatic rings. The minimum atomic E-state index is -0.693. The Labute approximate surface area is 159 Å². The molecule has 0 atom stereocenters. The lowest BCUT2D eigenvalue weighted by molar-refractivity contribution is -0.142. The highest BCUT2D eigenvalue weighted by atomic mass is 32.1. The molecule has 142 valence electrons. The maximum atomic E-state index is 11.8. The van der Waals surface area contributed by atoms with Crippen LogP contribution in [0.15, 0.2) is 35.7 Å². The fraction of sp³-hybridized carbons (Fsp3) is 0.167. The van der Waals surface area contributed by atoms with Gasteiger partial charge in [0.05, 0.1) is 19.8 Å². The molecule has 9 heteroatoms. The molecule has 0 saturated carbocycles.